The Morgan fingerprint density at radius 2 is 1.95 bits per heavy atom. The second-order valence-electron chi connectivity index (χ2n) is 5.23. The smallest absolute Gasteiger partial charge is 0.122 e. The highest BCUT2D eigenvalue weighted by atomic mass is 16.5. The lowest BCUT2D eigenvalue weighted by Crippen LogP contribution is -2.17. The largest absolute Gasteiger partial charge is 0.493 e. The summed E-state index contributed by atoms with van der Waals surface area (Å²) in [6.45, 7) is 1.65. The lowest BCUT2D eigenvalue weighted by Gasteiger charge is -2.19. The van der Waals surface area contributed by atoms with E-state index in [0.717, 1.165) is 25.3 Å². The summed E-state index contributed by atoms with van der Waals surface area (Å²) in [5, 5.41) is 3.51. The maximum absolute atomic E-state index is 5.59. The van der Waals surface area contributed by atoms with Crippen LogP contribution in [0.2, 0.25) is 0 Å². The molecule has 0 unspecified atom stereocenters. The summed E-state index contributed by atoms with van der Waals surface area (Å²) in [5.41, 5.74) is 6.09. The van der Waals surface area contributed by atoms with Crippen molar-refractivity contribution in [3.63, 3.8) is 0 Å². The van der Waals surface area contributed by atoms with Gasteiger partial charge in [-0.1, -0.05) is 12.2 Å². The van der Waals surface area contributed by atoms with Gasteiger partial charge in [-0.05, 0) is 47.0 Å². The third kappa shape index (κ3) is 2.21. The van der Waals surface area contributed by atoms with Gasteiger partial charge in [-0.2, -0.15) is 0 Å². The monoisotopic (exact) mass is 276 g/mol. The summed E-state index contributed by atoms with van der Waals surface area (Å²) in [4.78, 5) is 4.10. The average molecular weight is 276 g/mol. The highest BCUT2D eigenvalue weighted by molar-refractivity contribution is 5.95. The Balaban J connectivity index is 1.84. The molecule has 2 aliphatic heterocycles. The van der Waals surface area contributed by atoms with E-state index >= 15 is 0 Å². The van der Waals surface area contributed by atoms with Crippen molar-refractivity contribution in [3.05, 3.63) is 71.6 Å². The number of nitrogens with one attached hydrogen (secondary N) is 1. The molecule has 0 bridgehead atoms. The normalized spacial score (nSPS) is 16.4. The van der Waals surface area contributed by atoms with E-state index in [1.807, 2.05) is 24.5 Å². The number of ether oxygens (including phenoxy) is 1. The fourth-order valence-corrected chi connectivity index (χ4v) is 2.89. The number of rotatable bonds is 2. The Hall–Kier alpha value is -2.55. The van der Waals surface area contributed by atoms with Gasteiger partial charge in [-0.25, -0.2) is 0 Å². The fourth-order valence-electron chi connectivity index (χ4n) is 2.89. The Morgan fingerprint density at radius 1 is 1.05 bits per heavy atom. The molecule has 2 aliphatic rings. The predicted molar refractivity (Wildman–Crippen MR) is 83.8 cm³/mol. The van der Waals surface area contributed by atoms with Crippen LogP contribution in [0, 0.1) is 0 Å². The SMILES string of the molecule is C1=CC(c2ccncc2)=C(c2ccc3c(c2)CCO3)NC1. The summed E-state index contributed by atoms with van der Waals surface area (Å²) in [7, 11) is 0. The molecule has 21 heavy (non-hydrogen) atoms. The minimum absolute atomic E-state index is 0.794. The van der Waals surface area contributed by atoms with Crippen LogP contribution in [0.15, 0.2) is 54.9 Å². The van der Waals surface area contributed by atoms with Crippen LogP contribution in [-0.2, 0) is 6.42 Å². The molecule has 1 aromatic heterocycles. The van der Waals surface area contributed by atoms with E-state index in [1.165, 1.54) is 28.0 Å². The predicted octanol–water partition coefficient (Wildman–Crippen LogP) is 3.04. The third-order valence-corrected chi connectivity index (χ3v) is 3.92. The van der Waals surface area contributed by atoms with Gasteiger partial charge in [-0.15, -0.1) is 0 Å². The first-order valence-corrected chi connectivity index (χ1v) is 7.23. The number of hydrogen-bond donors (Lipinski definition) is 1. The van der Waals surface area contributed by atoms with Gasteiger partial charge in [0.2, 0.25) is 0 Å². The lowest BCUT2D eigenvalue weighted by molar-refractivity contribution is 0.357. The molecule has 0 saturated heterocycles. The maximum Gasteiger partial charge on any atom is 0.122 e. The van der Waals surface area contributed by atoms with Gasteiger partial charge >= 0.3 is 0 Å². The maximum atomic E-state index is 5.59. The van der Waals surface area contributed by atoms with Crippen LogP contribution in [0.25, 0.3) is 11.3 Å². The highest BCUT2D eigenvalue weighted by Crippen LogP contribution is 2.32. The number of fused-ring (bicyclic) bond motifs is 1. The molecule has 0 atom stereocenters. The topological polar surface area (TPSA) is 34.1 Å². The van der Waals surface area contributed by atoms with Gasteiger partial charge in [0.05, 0.1) is 6.61 Å². The van der Waals surface area contributed by atoms with E-state index < -0.39 is 0 Å². The van der Waals surface area contributed by atoms with Crippen molar-refractivity contribution in [3.8, 4) is 5.75 Å². The van der Waals surface area contributed by atoms with E-state index in [0.29, 0.717) is 0 Å². The van der Waals surface area contributed by atoms with Crippen LogP contribution in [0.1, 0.15) is 16.7 Å². The van der Waals surface area contributed by atoms with Crippen molar-refractivity contribution < 1.29 is 4.74 Å². The molecule has 3 heterocycles. The third-order valence-electron chi connectivity index (χ3n) is 3.92. The summed E-state index contributed by atoms with van der Waals surface area (Å²) < 4.78 is 5.59. The average Bonchev–Trinajstić information content (AvgIpc) is 3.03. The van der Waals surface area contributed by atoms with Gasteiger partial charge in [0.25, 0.3) is 0 Å². The van der Waals surface area contributed by atoms with E-state index in [1.54, 1.807) is 0 Å². The molecular weight excluding hydrogens is 260 g/mol. The Kier molecular flexibility index (Phi) is 2.96. The molecule has 4 rings (SSSR count). The molecule has 1 aromatic carbocycles. The van der Waals surface area contributed by atoms with Gasteiger partial charge in [0.1, 0.15) is 5.75 Å². The quantitative estimate of drug-likeness (QED) is 0.915. The van der Waals surface area contributed by atoms with Gasteiger partial charge in [0, 0.05) is 36.6 Å². The van der Waals surface area contributed by atoms with Gasteiger partial charge in [0.15, 0.2) is 0 Å². The molecule has 3 nitrogen and oxygen atoms in total. The summed E-state index contributed by atoms with van der Waals surface area (Å²) in [6.07, 6.45) is 9.00. The number of nitrogens with zero attached hydrogens (tertiary/aromatic N) is 1. The van der Waals surface area contributed by atoms with Crippen molar-refractivity contribution in [2.45, 2.75) is 6.42 Å². The van der Waals surface area contributed by atoms with Crippen molar-refractivity contribution in [2.75, 3.05) is 13.2 Å². The number of pyridine rings is 1. The van der Waals surface area contributed by atoms with Crippen LogP contribution < -0.4 is 10.1 Å². The first kappa shape index (κ1) is 12.2. The minimum atomic E-state index is 0.794. The van der Waals surface area contributed by atoms with Crippen molar-refractivity contribution >= 4 is 11.3 Å². The second kappa shape index (κ2) is 5.09. The Morgan fingerprint density at radius 3 is 2.86 bits per heavy atom. The van der Waals surface area contributed by atoms with Crippen molar-refractivity contribution in [2.24, 2.45) is 0 Å². The number of aromatic nitrogens is 1. The number of dihydropyridines is 1. The zero-order valence-corrected chi connectivity index (χ0v) is 11.7. The molecule has 0 saturated carbocycles. The number of hydrogen-bond acceptors (Lipinski definition) is 3. The molecule has 104 valence electrons. The van der Waals surface area contributed by atoms with Crippen LogP contribution in [0.5, 0.6) is 5.75 Å². The molecule has 0 radical (unpaired) electrons. The standard InChI is InChI=1S/C18H16N2O/c1-2-16(13-5-9-19-10-6-13)18(20-8-1)15-3-4-17-14(12-15)7-11-21-17/h1-6,9-10,12,20H,7-8,11H2. The molecule has 0 spiro atoms. The van der Waals surface area contributed by atoms with E-state index in [4.69, 9.17) is 4.74 Å². The molecular formula is C18H16N2O. The summed E-state index contributed by atoms with van der Waals surface area (Å²) in [5.74, 6) is 1.02. The van der Waals surface area contributed by atoms with E-state index in [2.05, 4.69) is 40.7 Å². The highest BCUT2D eigenvalue weighted by Gasteiger charge is 2.16. The van der Waals surface area contributed by atoms with Crippen LogP contribution in [0.4, 0.5) is 0 Å². The molecule has 0 amide bonds. The molecule has 0 fully saturated rings. The van der Waals surface area contributed by atoms with Crippen molar-refractivity contribution in [1.82, 2.24) is 10.3 Å². The number of allylic oxidation sites excluding steroid dienone is 2. The molecule has 1 N–H and O–H groups in total. The Bertz CT molecular complexity index is 732. The first-order valence-electron chi connectivity index (χ1n) is 7.23. The lowest BCUT2D eigenvalue weighted by atomic mass is 9.96. The first-order chi connectivity index (χ1) is 10.4. The molecule has 0 aliphatic carbocycles. The second-order valence-corrected chi connectivity index (χ2v) is 5.23. The van der Waals surface area contributed by atoms with E-state index in [-0.39, 0.29) is 0 Å². The summed E-state index contributed by atoms with van der Waals surface area (Å²) >= 11 is 0. The molecule has 2 aromatic rings. The van der Waals surface area contributed by atoms with Crippen molar-refractivity contribution in [1.29, 1.82) is 0 Å². The molecule has 3 heteroatoms. The fraction of sp³-hybridized carbons (Fsp3) is 0.167. The zero-order chi connectivity index (χ0) is 14.1. The Labute approximate surface area is 124 Å². The summed E-state index contributed by atoms with van der Waals surface area (Å²) in [6, 6.07) is 10.5. The van der Waals surface area contributed by atoms with Gasteiger partial charge in [-0.3, -0.25) is 4.98 Å². The minimum Gasteiger partial charge on any atom is -0.493 e. The zero-order valence-electron chi connectivity index (χ0n) is 11.7. The number of benzene rings is 1. The van der Waals surface area contributed by atoms with Gasteiger partial charge < -0.3 is 10.1 Å². The van der Waals surface area contributed by atoms with Crippen LogP contribution >= 0.6 is 0 Å². The van der Waals surface area contributed by atoms with E-state index in [9.17, 15) is 0 Å². The van der Waals surface area contributed by atoms with Crippen LogP contribution in [0.3, 0.4) is 0 Å². The van der Waals surface area contributed by atoms with Crippen LogP contribution in [-0.4, -0.2) is 18.1 Å².